The highest BCUT2D eigenvalue weighted by molar-refractivity contribution is 6.81. The molecule has 0 N–H and O–H groups in total. The zero-order valence-electron chi connectivity index (χ0n) is 48.4. The van der Waals surface area contributed by atoms with Crippen molar-refractivity contribution in [3.05, 3.63) is 155 Å². The first-order chi connectivity index (χ1) is 34.2. The largest absolute Gasteiger partial charge is 0.353 e. The minimum atomic E-state index is -1.68. The molecule has 0 aliphatic carbocycles. The Kier molecular flexibility index (Phi) is 12.5. The lowest BCUT2D eigenvalue weighted by Gasteiger charge is -2.48. The Bertz CT molecular complexity index is 2770. The minimum Gasteiger partial charge on any atom is -0.353 e. The van der Waals surface area contributed by atoms with Crippen LogP contribution in [0.25, 0.3) is 16.7 Å². The first-order valence-corrected chi connectivity index (χ1v) is 35.5. The summed E-state index contributed by atoms with van der Waals surface area (Å²) >= 11 is 0. The molecule has 6 aromatic rings. The average molecular weight is 1020 g/mol. The second-order valence-electron chi connectivity index (χ2n) is 23.3. The van der Waals surface area contributed by atoms with Crippen LogP contribution in [0.1, 0.15) is 196 Å². The molecule has 72 heavy (non-hydrogen) atoms. The molecular formula is C63H90N6Si3. The van der Waals surface area contributed by atoms with Crippen molar-refractivity contribution in [3.63, 3.8) is 0 Å². The highest BCUT2D eigenvalue weighted by Gasteiger charge is 2.55. The van der Waals surface area contributed by atoms with Crippen LogP contribution in [0.4, 0.5) is 0 Å². The third-order valence-electron chi connectivity index (χ3n) is 20.6. The van der Waals surface area contributed by atoms with Gasteiger partial charge in [-0.2, -0.15) is 0 Å². The standard InChI is InChI=1S/3C21H30N2Si/c3*1-8-18-13(3)20-15(5)21-14(4)19(9-2)17(7)23(21)24(11-10-12-24)22(20)16(18)6/h3*5,8-12H2,1-4,6-7H3. The molecule has 0 radical (unpaired) electrons. The van der Waals surface area contributed by atoms with Gasteiger partial charge in [-0.3, -0.25) is 0 Å². The third-order valence-corrected chi connectivity index (χ3v) is 35.9. The van der Waals surface area contributed by atoms with Crippen LogP contribution in [0.15, 0.2) is 19.7 Å². The molecule has 3 spiro atoms. The van der Waals surface area contributed by atoms with Gasteiger partial charge in [-0.15, -0.1) is 0 Å². The predicted molar refractivity (Wildman–Crippen MR) is 316 cm³/mol. The van der Waals surface area contributed by atoms with Crippen molar-refractivity contribution >= 4 is 41.9 Å². The van der Waals surface area contributed by atoms with Crippen molar-refractivity contribution in [3.8, 4) is 0 Å². The van der Waals surface area contributed by atoms with Crippen LogP contribution in [0.2, 0.25) is 36.3 Å². The number of hydrogen-bond donors (Lipinski definition) is 0. The fourth-order valence-corrected chi connectivity index (χ4v) is 32.3. The number of fused-ring (bicyclic) bond motifs is 12. The molecule has 0 unspecified atom stereocenters. The highest BCUT2D eigenvalue weighted by atomic mass is 28.4. The van der Waals surface area contributed by atoms with E-state index in [0.29, 0.717) is 0 Å². The first-order valence-electron chi connectivity index (χ1n) is 28.6. The van der Waals surface area contributed by atoms with E-state index < -0.39 is 25.2 Å². The van der Waals surface area contributed by atoms with E-state index in [-0.39, 0.29) is 0 Å². The Morgan fingerprint density at radius 2 is 0.417 bits per heavy atom. The summed E-state index contributed by atoms with van der Waals surface area (Å²) in [4.78, 5) is 0. The van der Waals surface area contributed by atoms with E-state index in [1.165, 1.54) is 174 Å². The molecule has 3 saturated heterocycles. The van der Waals surface area contributed by atoms with Crippen molar-refractivity contribution in [1.82, 2.24) is 25.4 Å². The maximum Gasteiger partial charge on any atom is 0.272 e. The van der Waals surface area contributed by atoms with Gasteiger partial charge in [0.05, 0.1) is 0 Å². The Hall–Kier alpha value is -4.45. The van der Waals surface area contributed by atoms with E-state index in [1.54, 1.807) is 33.4 Å². The fourth-order valence-electron chi connectivity index (χ4n) is 17.2. The topological polar surface area (TPSA) is 29.6 Å². The van der Waals surface area contributed by atoms with Gasteiger partial charge in [0.1, 0.15) is 0 Å². The number of hydrogen-bond acceptors (Lipinski definition) is 0. The molecule has 12 rings (SSSR count). The summed E-state index contributed by atoms with van der Waals surface area (Å²) < 4.78 is 16.8. The molecule has 12 heterocycles. The van der Waals surface area contributed by atoms with Gasteiger partial charge in [0.25, 0.3) is 25.2 Å². The summed E-state index contributed by atoms with van der Waals surface area (Å²) in [7, 11) is -5.05. The van der Waals surface area contributed by atoms with Gasteiger partial charge in [-0.1, -0.05) is 80.5 Å². The molecular weight excluding hydrogens is 925 g/mol. The van der Waals surface area contributed by atoms with Crippen LogP contribution < -0.4 is 0 Å². The first kappa shape index (κ1) is 51.1. The molecule has 9 heteroatoms. The minimum absolute atomic E-state index is 1.13. The van der Waals surface area contributed by atoms with E-state index >= 15 is 0 Å². The second-order valence-corrected chi connectivity index (χ2v) is 34.9. The average Bonchev–Trinajstić information content (AvgIpc) is 4.06. The van der Waals surface area contributed by atoms with Gasteiger partial charge < -0.3 is 25.4 Å². The molecule has 0 saturated carbocycles. The van der Waals surface area contributed by atoms with Crippen LogP contribution in [-0.2, 0) is 38.5 Å². The van der Waals surface area contributed by atoms with Crippen LogP contribution in [0.5, 0.6) is 0 Å². The quantitative estimate of drug-likeness (QED) is 0.149. The Morgan fingerprint density at radius 3 is 0.514 bits per heavy atom. The summed E-state index contributed by atoms with van der Waals surface area (Å²) in [5.41, 5.74) is 40.0. The van der Waals surface area contributed by atoms with Crippen molar-refractivity contribution in [1.29, 1.82) is 0 Å². The lowest BCUT2D eigenvalue weighted by molar-refractivity contribution is 0.741. The van der Waals surface area contributed by atoms with Crippen LogP contribution in [0.3, 0.4) is 0 Å². The normalized spacial score (nSPS) is 17.8. The number of nitrogens with zero attached hydrogens (tertiary/aromatic N) is 6. The predicted octanol–water partition coefficient (Wildman–Crippen LogP) is 15.8. The van der Waals surface area contributed by atoms with Gasteiger partial charge in [0.15, 0.2) is 0 Å². The summed E-state index contributed by atoms with van der Waals surface area (Å²) in [5, 5.41) is 0. The number of aromatic nitrogens is 6. The van der Waals surface area contributed by atoms with E-state index in [0.717, 1.165) is 38.5 Å². The van der Waals surface area contributed by atoms with E-state index in [1.807, 2.05) is 0 Å². The summed E-state index contributed by atoms with van der Waals surface area (Å²) in [5.74, 6) is 0. The smallest absolute Gasteiger partial charge is 0.272 e. The third kappa shape index (κ3) is 6.10. The summed E-state index contributed by atoms with van der Waals surface area (Å²) in [6, 6.07) is 8.31. The Labute approximate surface area is 438 Å². The maximum absolute atomic E-state index is 4.60. The van der Waals surface area contributed by atoms with Crippen LogP contribution >= 0.6 is 0 Å². The lowest BCUT2D eigenvalue weighted by atomic mass is 9.99. The Balaban J connectivity index is 0.000000124. The highest BCUT2D eigenvalue weighted by Crippen LogP contribution is 2.53. The van der Waals surface area contributed by atoms with E-state index in [4.69, 9.17) is 0 Å². The molecule has 0 aromatic carbocycles. The molecule has 6 aromatic heterocycles. The van der Waals surface area contributed by atoms with Crippen molar-refractivity contribution in [2.75, 3.05) is 0 Å². The van der Waals surface area contributed by atoms with Crippen molar-refractivity contribution in [2.24, 2.45) is 0 Å². The summed E-state index contributed by atoms with van der Waals surface area (Å²) in [6.45, 7) is 55.7. The maximum atomic E-state index is 4.60. The van der Waals surface area contributed by atoms with E-state index in [2.05, 4.69) is 170 Å². The van der Waals surface area contributed by atoms with Crippen molar-refractivity contribution < 1.29 is 0 Å². The fraction of sp³-hybridized carbons (Fsp3) is 0.524. The Morgan fingerprint density at radius 1 is 0.278 bits per heavy atom. The van der Waals surface area contributed by atoms with Crippen LogP contribution in [-0.4, -0.2) is 50.6 Å². The molecule has 0 amide bonds. The van der Waals surface area contributed by atoms with Gasteiger partial charge in [-0.05, 0) is 225 Å². The zero-order valence-corrected chi connectivity index (χ0v) is 51.4. The molecule has 6 aliphatic heterocycles. The molecule has 0 atom stereocenters. The van der Waals surface area contributed by atoms with Gasteiger partial charge in [0, 0.05) is 85.0 Å². The molecule has 384 valence electrons. The van der Waals surface area contributed by atoms with Gasteiger partial charge in [0.2, 0.25) is 0 Å². The van der Waals surface area contributed by atoms with Crippen molar-refractivity contribution in [2.45, 2.75) is 219 Å². The SMILES string of the molecule is C=C1c2c(C)c(CC)c(C)n2[Si]2(CCC2)n2c(C)c(CC)c(C)c21.C=C1c2c(C)c(CC)c(C)n2[Si]2(CCC2)n2c(C)c(CC)c(C)c21.C=C1c2c(C)c(CC)c(C)n2[Si]2(CCC2)n2c(C)c(CC)c(C)c21. The lowest BCUT2D eigenvalue weighted by Crippen LogP contribution is -2.60. The zero-order chi connectivity index (χ0) is 52.2. The number of rotatable bonds is 6. The van der Waals surface area contributed by atoms with E-state index in [9.17, 15) is 0 Å². The molecule has 0 bridgehead atoms. The van der Waals surface area contributed by atoms with Gasteiger partial charge in [-0.25, -0.2) is 0 Å². The van der Waals surface area contributed by atoms with Gasteiger partial charge >= 0.3 is 0 Å². The molecule has 6 aliphatic rings. The van der Waals surface area contributed by atoms with Crippen LogP contribution in [0, 0.1) is 83.1 Å². The summed E-state index contributed by atoms with van der Waals surface area (Å²) in [6.07, 6.45) is 10.9. The monoisotopic (exact) mass is 1010 g/mol. The molecule has 3 fully saturated rings. The molecule has 6 nitrogen and oxygen atoms in total. The second kappa shape index (κ2) is 17.6.